The standard InChI is InChI=1S/C41H39O9P/c1-3-41(4-2,50-51(43)44)49-37-24-32(20-23-35(37)46-27-30-16-10-6-11-17-30)39-40(47-28-31-18-12-7-13-19-31)38(42)34-22-21-33(25-36(34)48-39)45-26-29-14-8-5-9-15-29/h5-25,51H,3-4,26-28H2,1-2H3,(H,43,44). The van der Waals surface area contributed by atoms with Crippen molar-refractivity contribution in [3.8, 4) is 34.3 Å². The van der Waals surface area contributed by atoms with Crippen molar-refractivity contribution in [3.63, 3.8) is 0 Å². The largest absolute Gasteiger partial charge is 0.489 e. The molecule has 1 atom stereocenters. The third-order valence-electron chi connectivity index (χ3n) is 8.39. The van der Waals surface area contributed by atoms with E-state index in [-0.39, 0.29) is 48.7 Å². The Bertz CT molecular complexity index is 2130. The normalized spacial score (nSPS) is 12.0. The lowest BCUT2D eigenvalue weighted by Gasteiger charge is -2.32. The van der Waals surface area contributed by atoms with Gasteiger partial charge in [-0.1, -0.05) is 105 Å². The molecule has 10 heteroatoms. The highest BCUT2D eigenvalue weighted by atomic mass is 31.1. The lowest BCUT2D eigenvalue weighted by molar-refractivity contribution is -0.120. The van der Waals surface area contributed by atoms with Gasteiger partial charge in [0.2, 0.25) is 17.0 Å². The molecule has 0 amide bonds. The van der Waals surface area contributed by atoms with Crippen LogP contribution in [-0.2, 0) is 28.9 Å². The van der Waals surface area contributed by atoms with Crippen molar-refractivity contribution in [2.45, 2.75) is 52.3 Å². The smallest absolute Gasteiger partial charge is 0.319 e. The van der Waals surface area contributed by atoms with Crippen LogP contribution in [0, 0.1) is 0 Å². The summed E-state index contributed by atoms with van der Waals surface area (Å²) in [6, 6.07) is 39.1. The molecule has 0 bridgehead atoms. The molecule has 0 fully saturated rings. The Morgan fingerprint density at radius 2 is 1.24 bits per heavy atom. The van der Waals surface area contributed by atoms with Gasteiger partial charge in [0.1, 0.15) is 31.2 Å². The maximum Gasteiger partial charge on any atom is 0.319 e. The molecule has 0 saturated carbocycles. The van der Waals surface area contributed by atoms with Crippen molar-refractivity contribution in [3.05, 3.63) is 154 Å². The predicted molar refractivity (Wildman–Crippen MR) is 196 cm³/mol. The Morgan fingerprint density at radius 1 is 0.667 bits per heavy atom. The Kier molecular flexibility index (Phi) is 11.5. The summed E-state index contributed by atoms with van der Waals surface area (Å²) in [5.41, 5.74) is 3.20. The second-order valence-electron chi connectivity index (χ2n) is 11.8. The topological polar surface area (TPSA) is 114 Å². The monoisotopic (exact) mass is 706 g/mol. The molecule has 1 aromatic heterocycles. The van der Waals surface area contributed by atoms with Gasteiger partial charge >= 0.3 is 8.25 Å². The van der Waals surface area contributed by atoms with E-state index in [9.17, 15) is 14.3 Å². The Morgan fingerprint density at radius 3 is 1.80 bits per heavy atom. The highest BCUT2D eigenvalue weighted by Crippen LogP contribution is 2.42. The maximum atomic E-state index is 14.1. The van der Waals surface area contributed by atoms with E-state index < -0.39 is 14.0 Å². The number of benzene rings is 5. The fourth-order valence-corrected chi connectivity index (χ4v) is 6.19. The summed E-state index contributed by atoms with van der Waals surface area (Å²) in [6.07, 6.45) is 0.538. The minimum atomic E-state index is -3.37. The SMILES string of the molecule is CCC(CC)(Oc1cc(-c2oc3cc(OCc4ccccc4)ccc3c(=O)c2OCc2ccccc2)ccc1OCc1ccccc1)O[PH](=O)O. The van der Waals surface area contributed by atoms with Crippen LogP contribution in [0.15, 0.2) is 137 Å². The summed E-state index contributed by atoms with van der Waals surface area (Å²) < 4.78 is 48.8. The second kappa shape index (κ2) is 16.6. The molecule has 51 heavy (non-hydrogen) atoms. The van der Waals surface area contributed by atoms with Crippen LogP contribution in [-0.4, -0.2) is 10.7 Å². The zero-order valence-electron chi connectivity index (χ0n) is 28.4. The molecule has 5 aromatic carbocycles. The number of rotatable bonds is 16. The van der Waals surface area contributed by atoms with Crippen molar-refractivity contribution in [1.82, 2.24) is 0 Å². The summed E-state index contributed by atoms with van der Waals surface area (Å²) in [4.78, 5) is 23.9. The molecule has 6 aromatic rings. The molecular weight excluding hydrogens is 667 g/mol. The summed E-state index contributed by atoms with van der Waals surface area (Å²) >= 11 is 0. The number of hydrogen-bond acceptors (Lipinski definition) is 8. The van der Waals surface area contributed by atoms with Crippen LogP contribution < -0.4 is 24.4 Å². The van der Waals surface area contributed by atoms with Gasteiger partial charge in [0.15, 0.2) is 17.3 Å². The van der Waals surface area contributed by atoms with E-state index in [0.717, 1.165) is 16.7 Å². The van der Waals surface area contributed by atoms with Gasteiger partial charge in [-0.05, 0) is 47.0 Å². The summed E-state index contributed by atoms with van der Waals surface area (Å²) in [5, 5.41) is 0.325. The average Bonchev–Trinajstić information content (AvgIpc) is 3.16. The average molecular weight is 707 g/mol. The van der Waals surface area contributed by atoms with Crippen LogP contribution in [0.2, 0.25) is 0 Å². The maximum absolute atomic E-state index is 14.1. The molecular formula is C41H39O9P. The Labute approximate surface area is 296 Å². The number of ether oxygens (including phenoxy) is 4. The highest BCUT2D eigenvalue weighted by Gasteiger charge is 2.33. The summed E-state index contributed by atoms with van der Waals surface area (Å²) in [5.74, 6) is -0.121. The fourth-order valence-electron chi connectivity index (χ4n) is 5.54. The van der Waals surface area contributed by atoms with Crippen molar-refractivity contribution in [1.29, 1.82) is 0 Å². The molecule has 0 aliphatic rings. The first-order chi connectivity index (χ1) is 24.9. The van der Waals surface area contributed by atoms with Gasteiger partial charge in [0.25, 0.3) is 0 Å². The summed E-state index contributed by atoms with van der Waals surface area (Å²) in [6.45, 7) is 4.31. The molecule has 1 N–H and O–H groups in total. The minimum Gasteiger partial charge on any atom is -0.489 e. The van der Waals surface area contributed by atoms with Crippen LogP contribution in [0.5, 0.6) is 23.0 Å². The quantitative estimate of drug-likeness (QED) is 0.0777. The minimum absolute atomic E-state index is 0.0159. The van der Waals surface area contributed by atoms with Crippen molar-refractivity contribution < 1.29 is 37.3 Å². The predicted octanol–water partition coefficient (Wildman–Crippen LogP) is 9.49. The first-order valence-corrected chi connectivity index (χ1v) is 18.0. The van der Waals surface area contributed by atoms with Crippen molar-refractivity contribution in [2.75, 3.05) is 0 Å². The first kappa shape index (κ1) is 35.5. The second-order valence-corrected chi connectivity index (χ2v) is 12.6. The third kappa shape index (κ3) is 8.88. The molecule has 9 nitrogen and oxygen atoms in total. The number of hydrogen-bond donors (Lipinski definition) is 1. The lowest BCUT2D eigenvalue weighted by Crippen LogP contribution is -2.36. The molecule has 6 rings (SSSR count). The zero-order chi connectivity index (χ0) is 35.6. The fraction of sp³-hybridized carbons (Fsp3) is 0.195. The van der Waals surface area contributed by atoms with Gasteiger partial charge in [-0.2, -0.15) is 0 Å². The first-order valence-electron chi connectivity index (χ1n) is 16.7. The van der Waals surface area contributed by atoms with Crippen molar-refractivity contribution >= 4 is 19.2 Å². The van der Waals surface area contributed by atoms with Gasteiger partial charge in [-0.15, -0.1) is 0 Å². The molecule has 0 saturated heterocycles. The zero-order valence-corrected chi connectivity index (χ0v) is 29.4. The molecule has 262 valence electrons. The van der Waals surface area contributed by atoms with Crippen LogP contribution >= 0.6 is 8.25 Å². The van der Waals surface area contributed by atoms with Gasteiger partial charge < -0.3 is 28.3 Å². The molecule has 0 aliphatic heterocycles. The molecule has 0 aliphatic carbocycles. The van der Waals surface area contributed by atoms with Crippen LogP contribution in [0.3, 0.4) is 0 Å². The lowest BCUT2D eigenvalue weighted by atomic mass is 10.1. The van der Waals surface area contributed by atoms with Gasteiger partial charge in [-0.3, -0.25) is 13.9 Å². The van der Waals surface area contributed by atoms with E-state index in [2.05, 4.69) is 0 Å². The van der Waals surface area contributed by atoms with Crippen molar-refractivity contribution in [2.24, 2.45) is 0 Å². The van der Waals surface area contributed by atoms with Crippen LogP contribution in [0.4, 0.5) is 0 Å². The van der Waals surface area contributed by atoms with Crippen LogP contribution in [0.1, 0.15) is 43.4 Å². The Hall–Kier alpha value is -5.34. The van der Waals surface area contributed by atoms with E-state index in [1.807, 2.05) is 91.0 Å². The Balaban J connectivity index is 1.44. The van der Waals surface area contributed by atoms with Crippen LogP contribution in [0.25, 0.3) is 22.3 Å². The van der Waals surface area contributed by atoms with Gasteiger partial charge in [0.05, 0.1) is 5.39 Å². The van der Waals surface area contributed by atoms with Gasteiger partial charge in [-0.25, -0.2) is 0 Å². The van der Waals surface area contributed by atoms with E-state index in [1.54, 1.807) is 50.2 Å². The summed E-state index contributed by atoms with van der Waals surface area (Å²) in [7, 11) is -3.37. The molecule has 1 unspecified atom stereocenters. The van der Waals surface area contributed by atoms with E-state index in [1.165, 1.54) is 0 Å². The van der Waals surface area contributed by atoms with E-state index in [0.29, 0.717) is 34.6 Å². The molecule has 1 heterocycles. The third-order valence-corrected chi connectivity index (χ3v) is 8.93. The molecule has 0 spiro atoms. The van der Waals surface area contributed by atoms with E-state index in [4.69, 9.17) is 27.9 Å². The number of fused-ring (bicyclic) bond motifs is 1. The molecule has 0 radical (unpaired) electrons. The van der Waals surface area contributed by atoms with E-state index >= 15 is 0 Å². The van der Waals surface area contributed by atoms with Gasteiger partial charge in [0, 0.05) is 24.5 Å². The highest BCUT2D eigenvalue weighted by molar-refractivity contribution is 7.32.